The van der Waals surface area contributed by atoms with Gasteiger partial charge in [-0.15, -0.1) is 0 Å². The molecule has 1 saturated heterocycles. The van der Waals surface area contributed by atoms with E-state index in [9.17, 15) is 9.59 Å². The van der Waals surface area contributed by atoms with Gasteiger partial charge < -0.3 is 4.90 Å². The van der Waals surface area contributed by atoms with Crippen LogP contribution >= 0.6 is 0 Å². The molecule has 2 rings (SSSR count). The van der Waals surface area contributed by atoms with Gasteiger partial charge in [-0.05, 0) is 25.9 Å². The minimum atomic E-state index is -0.112. The zero-order valence-electron chi connectivity index (χ0n) is 12.1. The lowest BCUT2D eigenvalue weighted by Crippen LogP contribution is -2.64. The summed E-state index contributed by atoms with van der Waals surface area (Å²) >= 11 is 0. The Morgan fingerprint density at radius 1 is 1.22 bits per heavy atom. The smallest absolute Gasteiger partial charge is 0.234 e. The van der Waals surface area contributed by atoms with Gasteiger partial charge in [0, 0.05) is 12.6 Å². The Labute approximate surface area is 109 Å². The summed E-state index contributed by atoms with van der Waals surface area (Å²) in [5.74, 6) is -0.105. The minimum Gasteiger partial charge on any atom is -0.305 e. The zero-order chi connectivity index (χ0) is 13.7. The lowest BCUT2D eigenvalue weighted by molar-refractivity contribution is -0.150. The molecule has 1 heterocycles. The molecule has 0 aromatic rings. The molecule has 0 radical (unpaired) electrons. The molecule has 2 amide bonds. The highest BCUT2D eigenvalue weighted by molar-refractivity contribution is 6.07. The number of hydrogen-bond donors (Lipinski definition) is 0. The van der Waals surface area contributed by atoms with Gasteiger partial charge in [0.25, 0.3) is 0 Å². The Bertz CT molecular complexity index is 376. The van der Waals surface area contributed by atoms with Gasteiger partial charge in [-0.1, -0.05) is 27.2 Å². The molecule has 1 aliphatic heterocycles. The lowest BCUT2D eigenvalue weighted by atomic mass is 9.52. The predicted molar refractivity (Wildman–Crippen MR) is 69.9 cm³/mol. The van der Waals surface area contributed by atoms with Crippen LogP contribution in [0.2, 0.25) is 0 Å². The van der Waals surface area contributed by atoms with Gasteiger partial charge in [0.2, 0.25) is 11.8 Å². The van der Waals surface area contributed by atoms with E-state index >= 15 is 0 Å². The Hall–Kier alpha value is -0.900. The molecule has 0 spiro atoms. The maximum Gasteiger partial charge on any atom is 0.234 e. The first-order valence-electron chi connectivity index (χ1n) is 6.85. The van der Waals surface area contributed by atoms with Crippen LogP contribution in [0.4, 0.5) is 0 Å². The molecule has 0 N–H and O–H groups in total. The van der Waals surface area contributed by atoms with E-state index in [1.54, 1.807) is 0 Å². The first-order valence-corrected chi connectivity index (χ1v) is 6.85. The number of imide groups is 1. The van der Waals surface area contributed by atoms with Gasteiger partial charge in [0.15, 0.2) is 0 Å². The molecule has 4 heteroatoms. The third-order valence-corrected chi connectivity index (χ3v) is 4.64. The lowest BCUT2D eigenvalue weighted by Gasteiger charge is -2.55. The summed E-state index contributed by atoms with van der Waals surface area (Å²) < 4.78 is 0. The molecule has 1 aliphatic carbocycles. The van der Waals surface area contributed by atoms with E-state index in [1.165, 1.54) is 4.90 Å². The molecular weight excluding hydrogens is 228 g/mol. The fraction of sp³-hybridized carbons (Fsp3) is 0.857. The Balaban J connectivity index is 2.22. The van der Waals surface area contributed by atoms with Crippen molar-refractivity contribution in [2.45, 2.75) is 39.7 Å². The fourth-order valence-electron chi connectivity index (χ4n) is 3.90. The minimum absolute atomic E-state index is 0.0523. The van der Waals surface area contributed by atoms with Crippen LogP contribution < -0.4 is 0 Å². The molecule has 2 fully saturated rings. The van der Waals surface area contributed by atoms with Crippen molar-refractivity contribution in [3.63, 3.8) is 0 Å². The van der Waals surface area contributed by atoms with E-state index < -0.39 is 0 Å². The Kier molecular flexibility index (Phi) is 3.26. The molecule has 1 saturated carbocycles. The molecule has 2 aliphatic rings. The fourth-order valence-corrected chi connectivity index (χ4v) is 3.90. The van der Waals surface area contributed by atoms with Crippen LogP contribution in [0.3, 0.4) is 0 Å². The molecule has 102 valence electrons. The van der Waals surface area contributed by atoms with E-state index in [1.807, 2.05) is 14.1 Å². The van der Waals surface area contributed by atoms with E-state index in [2.05, 4.69) is 25.7 Å². The summed E-state index contributed by atoms with van der Waals surface area (Å²) in [6.07, 6.45) is 1.91. The van der Waals surface area contributed by atoms with Crippen molar-refractivity contribution in [3.05, 3.63) is 0 Å². The van der Waals surface area contributed by atoms with E-state index in [4.69, 9.17) is 0 Å². The monoisotopic (exact) mass is 252 g/mol. The molecule has 18 heavy (non-hydrogen) atoms. The quantitative estimate of drug-likeness (QED) is 0.709. The maximum atomic E-state index is 12.4. The zero-order valence-corrected chi connectivity index (χ0v) is 12.1. The second kappa shape index (κ2) is 4.34. The number of carbonyl (C=O) groups is 2. The SMILES string of the molecule is CCCCN1C(=O)C2C(C1=O)C(C)(C)C2N(C)C. The van der Waals surface area contributed by atoms with Crippen LogP contribution in [0.5, 0.6) is 0 Å². The molecular formula is C14H24N2O2. The summed E-state index contributed by atoms with van der Waals surface area (Å²) in [4.78, 5) is 28.3. The summed E-state index contributed by atoms with van der Waals surface area (Å²) in [5.41, 5.74) is -0.0954. The highest BCUT2D eigenvalue weighted by atomic mass is 16.2. The normalized spacial score (nSPS) is 33.9. The first-order chi connectivity index (χ1) is 8.34. The number of nitrogens with zero attached hydrogens (tertiary/aromatic N) is 2. The third kappa shape index (κ3) is 1.62. The van der Waals surface area contributed by atoms with E-state index in [0.717, 1.165) is 12.8 Å². The number of likely N-dealkylation sites (tertiary alicyclic amines) is 1. The number of amides is 2. The van der Waals surface area contributed by atoms with Gasteiger partial charge in [-0.3, -0.25) is 14.5 Å². The Morgan fingerprint density at radius 3 is 2.33 bits per heavy atom. The van der Waals surface area contributed by atoms with Crippen LogP contribution in [0.15, 0.2) is 0 Å². The molecule has 0 aromatic carbocycles. The average Bonchev–Trinajstić information content (AvgIpc) is 2.46. The third-order valence-electron chi connectivity index (χ3n) is 4.64. The summed E-state index contributed by atoms with van der Waals surface area (Å²) in [7, 11) is 3.99. The average molecular weight is 252 g/mol. The van der Waals surface area contributed by atoms with Gasteiger partial charge in [0.1, 0.15) is 0 Å². The van der Waals surface area contributed by atoms with E-state index in [-0.39, 0.29) is 35.1 Å². The standard InChI is InChI=1S/C14H24N2O2/c1-6-7-8-16-12(17)9-10(13(16)18)14(2,3)11(9)15(4)5/h9-11H,6-8H2,1-5H3. The van der Waals surface area contributed by atoms with Crippen molar-refractivity contribution in [1.82, 2.24) is 9.80 Å². The van der Waals surface area contributed by atoms with Crippen LogP contribution in [0, 0.1) is 17.3 Å². The van der Waals surface area contributed by atoms with Crippen LogP contribution in [-0.4, -0.2) is 48.3 Å². The predicted octanol–water partition coefficient (Wildman–Crippen LogP) is 1.36. The van der Waals surface area contributed by atoms with Gasteiger partial charge in [0.05, 0.1) is 11.8 Å². The van der Waals surface area contributed by atoms with Crippen molar-refractivity contribution >= 4 is 11.8 Å². The van der Waals surface area contributed by atoms with Crippen LogP contribution in [-0.2, 0) is 9.59 Å². The first kappa shape index (κ1) is 13.5. The molecule has 3 unspecified atom stereocenters. The summed E-state index contributed by atoms with van der Waals surface area (Å²) in [6, 6.07) is 0.186. The second-order valence-corrected chi connectivity index (χ2v) is 6.41. The van der Waals surface area contributed by atoms with Crippen molar-refractivity contribution < 1.29 is 9.59 Å². The number of rotatable bonds is 4. The number of hydrogen-bond acceptors (Lipinski definition) is 3. The molecule has 0 aromatic heterocycles. The molecule has 0 bridgehead atoms. The summed E-state index contributed by atoms with van der Waals surface area (Å²) in [5, 5.41) is 0. The topological polar surface area (TPSA) is 40.6 Å². The van der Waals surface area contributed by atoms with E-state index in [0.29, 0.717) is 6.54 Å². The van der Waals surface area contributed by atoms with Crippen molar-refractivity contribution in [1.29, 1.82) is 0 Å². The van der Waals surface area contributed by atoms with Crippen molar-refractivity contribution in [2.75, 3.05) is 20.6 Å². The number of fused-ring (bicyclic) bond motifs is 1. The number of unbranched alkanes of at least 4 members (excludes halogenated alkanes) is 1. The van der Waals surface area contributed by atoms with Gasteiger partial charge in [-0.25, -0.2) is 0 Å². The highest BCUT2D eigenvalue weighted by Crippen LogP contribution is 2.57. The van der Waals surface area contributed by atoms with Gasteiger partial charge >= 0.3 is 0 Å². The molecule has 3 atom stereocenters. The highest BCUT2D eigenvalue weighted by Gasteiger charge is 2.68. The van der Waals surface area contributed by atoms with Crippen molar-refractivity contribution in [2.24, 2.45) is 17.3 Å². The second-order valence-electron chi connectivity index (χ2n) is 6.41. The molecule has 4 nitrogen and oxygen atoms in total. The van der Waals surface area contributed by atoms with Crippen LogP contribution in [0.1, 0.15) is 33.6 Å². The largest absolute Gasteiger partial charge is 0.305 e. The van der Waals surface area contributed by atoms with Gasteiger partial charge in [-0.2, -0.15) is 0 Å². The number of carbonyl (C=O) groups excluding carboxylic acids is 2. The Morgan fingerprint density at radius 2 is 1.83 bits per heavy atom. The van der Waals surface area contributed by atoms with Crippen molar-refractivity contribution in [3.8, 4) is 0 Å². The van der Waals surface area contributed by atoms with Crippen LogP contribution in [0.25, 0.3) is 0 Å². The summed E-state index contributed by atoms with van der Waals surface area (Å²) in [6.45, 7) is 6.88. The maximum absolute atomic E-state index is 12.4.